The predicted molar refractivity (Wildman–Crippen MR) is 151 cm³/mol. The Balaban J connectivity index is 1.55. The van der Waals surface area contributed by atoms with Crippen LogP contribution in [0, 0.1) is 0 Å². The van der Waals surface area contributed by atoms with E-state index in [1.54, 1.807) is 6.08 Å². The van der Waals surface area contributed by atoms with E-state index in [0.29, 0.717) is 5.02 Å². The molecule has 4 rings (SSSR count). The van der Waals surface area contributed by atoms with Gasteiger partial charge in [0.2, 0.25) is 0 Å². The van der Waals surface area contributed by atoms with Crippen LogP contribution < -0.4 is 4.72 Å². The summed E-state index contributed by atoms with van der Waals surface area (Å²) in [6.45, 7) is 2.05. The summed E-state index contributed by atoms with van der Waals surface area (Å²) in [6, 6.07) is 34.1. The van der Waals surface area contributed by atoms with Gasteiger partial charge in [-0.1, -0.05) is 103 Å². The quantitative estimate of drug-likeness (QED) is 0.249. The van der Waals surface area contributed by atoms with Crippen molar-refractivity contribution in [2.75, 3.05) is 0 Å². The molecule has 0 aromatic heterocycles. The molecule has 37 heavy (non-hydrogen) atoms. The second-order valence-electron chi connectivity index (χ2n) is 8.38. The van der Waals surface area contributed by atoms with Crippen LogP contribution >= 0.6 is 11.6 Å². The van der Waals surface area contributed by atoms with Crippen molar-refractivity contribution in [3.8, 4) is 0 Å². The minimum atomic E-state index is -3.98. The number of benzene rings is 4. The normalized spacial score (nSPS) is 12.9. The first-order valence-corrected chi connectivity index (χ1v) is 13.6. The zero-order valence-electron chi connectivity index (χ0n) is 20.2. The van der Waals surface area contributed by atoms with Gasteiger partial charge in [0.15, 0.2) is 0 Å². The zero-order chi connectivity index (χ0) is 26.3. The van der Waals surface area contributed by atoms with Crippen molar-refractivity contribution in [3.05, 3.63) is 149 Å². The number of nitrogens with one attached hydrogen (secondary N) is 1. The number of sulfonamides is 1. The number of amides is 1. The molecule has 0 fully saturated rings. The van der Waals surface area contributed by atoms with Crippen molar-refractivity contribution in [2.24, 2.45) is 0 Å². The molecule has 0 spiro atoms. The highest BCUT2D eigenvalue weighted by Gasteiger charge is 2.20. The summed E-state index contributed by atoms with van der Waals surface area (Å²) in [6.07, 6.45) is 4.94. The van der Waals surface area contributed by atoms with Gasteiger partial charge in [-0.3, -0.25) is 4.79 Å². The minimum absolute atomic E-state index is 0.0273. The van der Waals surface area contributed by atoms with Crippen LogP contribution in [0.2, 0.25) is 5.02 Å². The Bertz CT molecular complexity index is 1510. The van der Waals surface area contributed by atoms with E-state index in [1.165, 1.54) is 41.5 Å². The molecule has 4 aromatic rings. The highest BCUT2D eigenvalue weighted by molar-refractivity contribution is 7.90. The first kappa shape index (κ1) is 26.1. The summed E-state index contributed by atoms with van der Waals surface area (Å²) in [5.74, 6) is -0.707. The lowest BCUT2D eigenvalue weighted by molar-refractivity contribution is -0.114. The van der Waals surface area contributed by atoms with Gasteiger partial charge in [0.1, 0.15) is 0 Å². The van der Waals surface area contributed by atoms with Gasteiger partial charge in [-0.05, 0) is 65.1 Å². The standard InChI is InChI=1S/C31H26ClNO3S/c1-2-29(24-9-5-3-6-10-24)31(25-11-7-4-8-12-25)26-16-13-23(14-17-26)15-22-30(34)33-37(35,36)28-20-18-27(32)19-21-28/h2-22,31H,1H3,(H,33,34). The van der Waals surface area contributed by atoms with Crippen molar-refractivity contribution in [1.82, 2.24) is 4.72 Å². The third kappa shape index (κ3) is 6.64. The number of hydrogen-bond donors (Lipinski definition) is 1. The number of carbonyl (C=O) groups excluding carboxylic acids is 1. The molecule has 0 aliphatic carbocycles. The lowest BCUT2D eigenvalue weighted by Crippen LogP contribution is -2.28. The first-order chi connectivity index (χ1) is 17.9. The molecule has 0 aliphatic rings. The Morgan fingerprint density at radius 1 is 0.784 bits per heavy atom. The van der Waals surface area contributed by atoms with Crippen molar-refractivity contribution >= 4 is 39.2 Å². The van der Waals surface area contributed by atoms with E-state index < -0.39 is 15.9 Å². The van der Waals surface area contributed by atoms with Gasteiger partial charge in [0.25, 0.3) is 15.9 Å². The predicted octanol–water partition coefficient (Wildman–Crippen LogP) is 7.09. The number of rotatable bonds is 8. The maximum absolute atomic E-state index is 12.4. The van der Waals surface area contributed by atoms with Gasteiger partial charge in [0, 0.05) is 17.0 Å². The Morgan fingerprint density at radius 2 is 1.35 bits per heavy atom. The molecule has 4 aromatic carbocycles. The van der Waals surface area contributed by atoms with Crippen molar-refractivity contribution in [2.45, 2.75) is 17.7 Å². The summed E-state index contributed by atoms with van der Waals surface area (Å²) in [4.78, 5) is 12.3. The maximum atomic E-state index is 12.4. The second-order valence-corrected chi connectivity index (χ2v) is 10.5. The molecule has 1 N–H and O–H groups in total. The fraction of sp³-hybridized carbons (Fsp3) is 0.0645. The molecule has 0 saturated carbocycles. The maximum Gasteiger partial charge on any atom is 0.264 e. The lowest BCUT2D eigenvalue weighted by Gasteiger charge is -2.22. The molecular formula is C31H26ClNO3S. The topological polar surface area (TPSA) is 63.2 Å². The van der Waals surface area contributed by atoms with Crippen LogP contribution in [0.25, 0.3) is 11.6 Å². The van der Waals surface area contributed by atoms with Crippen molar-refractivity contribution in [1.29, 1.82) is 0 Å². The fourth-order valence-corrected chi connectivity index (χ4v) is 5.21. The van der Waals surface area contributed by atoms with Gasteiger partial charge in [-0.25, -0.2) is 13.1 Å². The smallest absolute Gasteiger partial charge is 0.264 e. The molecule has 0 radical (unpaired) electrons. The average Bonchev–Trinajstić information content (AvgIpc) is 2.92. The third-order valence-electron chi connectivity index (χ3n) is 5.92. The molecular weight excluding hydrogens is 502 g/mol. The van der Waals surface area contributed by atoms with Crippen LogP contribution in [0.5, 0.6) is 0 Å². The molecule has 0 heterocycles. The lowest BCUT2D eigenvalue weighted by atomic mass is 9.81. The van der Waals surface area contributed by atoms with Crippen LogP contribution in [0.4, 0.5) is 0 Å². The summed E-state index contributed by atoms with van der Waals surface area (Å²) in [7, 11) is -3.98. The van der Waals surface area contributed by atoms with Crippen molar-refractivity contribution < 1.29 is 13.2 Å². The van der Waals surface area contributed by atoms with Crippen LogP contribution in [-0.4, -0.2) is 14.3 Å². The van der Waals surface area contributed by atoms with Crippen LogP contribution in [0.15, 0.2) is 126 Å². The van der Waals surface area contributed by atoms with Crippen LogP contribution in [0.3, 0.4) is 0 Å². The monoisotopic (exact) mass is 527 g/mol. The zero-order valence-corrected chi connectivity index (χ0v) is 21.8. The molecule has 0 saturated heterocycles. The highest BCUT2D eigenvalue weighted by Crippen LogP contribution is 2.37. The van der Waals surface area contributed by atoms with Crippen molar-refractivity contribution in [3.63, 3.8) is 0 Å². The summed E-state index contributed by atoms with van der Waals surface area (Å²) >= 11 is 5.81. The third-order valence-corrected chi connectivity index (χ3v) is 7.53. The van der Waals surface area contributed by atoms with Gasteiger partial charge >= 0.3 is 0 Å². The van der Waals surface area contributed by atoms with Gasteiger partial charge in [-0.15, -0.1) is 0 Å². The van der Waals surface area contributed by atoms with Crippen LogP contribution in [-0.2, 0) is 14.8 Å². The fourth-order valence-electron chi connectivity index (χ4n) is 4.14. The van der Waals surface area contributed by atoms with Gasteiger partial charge < -0.3 is 0 Å². The van der Waals surface area contributed by atoms with E-state index in [0.717, 1.165) is 16.7 Å². The molecule has 1 atom stereocenters. The second kappa shape index (κ2) is 11.9. The molecule has 0 aliphatic heterocycles. The molecule has 1 unspecified atom stereocenters. The highest BCUT2D eigenvalue weighted by atomic mass is 35.5. The largest absolute Gasteiger partial charge is 0.269 e. The Hall–Kier alpha value is -3.93. The SMILES string of the molecule is CC=C(c1ccccc1)C(c1ccccc1)c1ccc(C=CC(=O)NS(=O)(=O)c2ccc(Cl)cc2)cc1. The van der Waals surface area contributed by atoms with E-state index in [9.17, 15) is 13.2 Å². The number of halogens is 1. The van der Waals surface area contributed by atoms with Crippen LogP contribution in [0.1, 0.15) is 35.1 Å². The summed E-state index contributed by atoms with van der Waals surface area (Å²) in [5.41, 5.74) is 5.41. The van der Waals surface area contributed by atoms with E-state index in [-0.39, 0.29) is 10.8 Å². The summed E-state index contributed by atoms with van der Waals surface area (Å²) < 4.78 is 26.9. The van der Waals surface area contributed by atoms with E-state index in [1.807, 2.05) is 67.6 Å². The Morgan fingerprint density at radius 3 is 1.95 bits per heavy atom. The molecule has 186 valence electrons. The molecule has 1 amide bonds. The van der Waals surface area contributed by atoms with Gasteiger partial charge in [0.05, 0.1) is 4.90 Å². The van der Waals surface area contributed by atoms with Gasteiger partial charge in [-0.2, -0.15) is 0 Å². The minimum Gasteiger partial charge on any atom is -0.269 e. The Labute approximate surface area is 223 Å². The Kier molecular flexibility index (Phi) is 8.39. The van der Waals surface area contributed by atoms with E-state index >= 15 is 0 Å². The molecule has 0 bridgehead atoms. The molecule has 4 nitrogen and oxygen atoms in total. The number of hydrogen-bond acceptors (Lipinski definition) is 3. The summed E-state index contributed by atoms with van der Waals surface area (Å²) in [5, 5.41) is 0.411. The number of carbonyl (C=O) groups is 1. The first-order valence-electron chi connectivity index (χ1n) is 11.7. The van der Waals surface area contributed by atoms with E-state index in [4.69, 9.17) is 11.6 Å². The molecule has 6 heteroatoms. The average molecular weight is 528 g/mol. The van der Waals surface area contributed by atoms with E-state index in [2.05, 4.69) is 35.1 Å². The number of allylic oxidation sites excluding steroid dienone is 2.